The van der Waals surface area contributed by atoms with E-state index in [9.17, 15) is 0 Å². The van der Waals surface area contributed by atoms with Crippen molar-refractivity contribution in [2.45, 2.75) is 66.2 Å². The lowest BCUT2D eigenvalue weighted by atomic mass is 9.47. The Hall–Kier alpha value is 0. The van der Waals surface area contributed by atoms with Crippen LogP contribution in [-0.2, 0) is 0 Å². The van der Waals surface area contributed by atoms with Crippen LogP contribution in [-0.4, -0.2) is 0 Å². The van der Waals surface area contributed by atoms with E-state index in [1.54, 1.807) is 0 Å². The highest BCUT2D eigenvalue weighted by Gasteiger charge is 2.62. The molecule has 2 aliphatic carbocycles. The summed E-state index contributed by atoms with van der Waals surface area (Å²) >= 11 is 0. The minimum atomic E-state index is 0.699. The highest BCUT2D eigenvalue weighted by molar-refractivity contribution is 5.12. The number of rotatable bonds is 3. The molecule has 3 unspecified atom stereocenters. The van der Waals surface area contributed by atoms with Crippen molar-refractivity contribution in [3.8, 4) is 0 Å². The molecular weight excluding hydrogens is 168 g/mol. The van der Waals surface area contributed by atoms with Gasteiger partial charge in [-0.15, -0.1) is 0 Å². The Morgan fingerprint density at radius 3 is 2.00 bits per heavy atom. The van der Waals surface area contributed by atoms with Crippen LogP contribution in [0, 0.1) is 22.7 Å². The van der Waals surface area contributed by atoms with Crippen LogP contribution in [0.3, 0.4) is 0 Å². The molecule has 0 amide bonds. The monoisotopic (exact) mass is 194 g/mol. The first-order valence-corrected chi connectivity index (χ1v) is 6.63. The molecule has 2 saturated carbocycles. The first kappa shape index (κ1) is 10.5. The number of fused-ring (bicyclic) bond motifs is 1. The molecular formula is C14H26. The Kier molecular flexibility index (Phi) is 2.44. The maximum atomic E-state index is 2.46. The summed E-state index contributed by atoms with van der Waals surface area (Å²) in [6.07, 6.45) is 8.95. The van der Waals surface area contributed by atoms with Crippen LogP contribution >= 0.6 is 0 Å². The summed E-state index contributed by atoms with van der Waals surface area (Å²) in [4.78, 5) is 0. The Morgan fingerprint density at radius 1 is 1.07 bits per heavy atom. The molecule has 2 fully saturated rings. The molecule has 0 aliphatic heterocycles. The third-order valence-electron chi connectivity index (χ3n) is 6.02. The molecule has 0 aromatic heterocycles. The number of hydrogen-bond acceptors (Lipinski definition) is 0. The van der Waals surface area contributed by atoms with E-state index in [4.69, 9.17) is 0 Å². The fourth-order valence-corrected chi connectivity index (χ4v) is 5.07. The van der Waals surface area contributed by atoms with Gasteiger partial charge in [0.15, 0.2) is 0 Å². The normalized spacial score (nSPS) is 46.5. The Bertz CT molecular complexity index is 214. The molecule has 0 aromatic rings. The van der Waals surface area contributed by atoms with Gasteiger partial charge in [-0.1, -0.05) is 27.7 Å². The van der Waals surface area contributed by atoms with E-state index in [-0.39, 0.29) is 0 Å². The summed E-state index contributed by atoms with van der Waals surface area (Å²) in [5, 5.41) is 0. The van der Waals surface area contributed by atoms with Gasteiger partial charge in [0.1, 0.15) is 0 Å². The average Bonchev–Trinajstić information content (AvgIpc) is 2.35. The van der Waals surface area contributed by atoms with Crippen molar-refractivity contribution in [1.29, 1.82) is 0 Å². The number of hydrogen-bond donors (Lipinski definition) is 0. The lowest BCUT2D eigenvalue weighted by molar-refractivity contribution is -0.0823. The van der Waals surface area contributed by atoms with Crippen LogP contribution < -0.4 is 0 Å². The summed E-state index contributed by atoms with van der Waals surface area (Å²) in [5.74, 6) is 1.98. The van der Waals surface area contributed by atoms with E-state index in [2.05, 4.69) is 27.7 Å². The van der Waals surface area contributed by atoms with Crippen molar-refractivity contribution in [3.63, 3.8) is 0 Å². The van der Waals surface area contributed by atoms with Gasteiger partial charge < -0.3 is 0 Å². The van der Waals surface area contributed by atoms with Crippen LogP contribution in [0.1, 0.15) is 66.2 Å². The van der Waals surface area contributed by atoms with E-state index in [0.717, 1.165) is 17.3 Å². The second-order valence-electron chi connectivity index (χ2n) is 5.95. The zero-order valence-electron chi connectivity index (χ0n) is 10.4. The first-order valence-electron chi connectivity index (χ1n) is 6.63. The molecule has 2 aliphatic rings. The fraction of sp³-hybridized carbons (Fsp3) is 1.00. The molecule has 0 nitrogen and oxygen atoms in total. The van der Waals surface area contributed by atoms with Crippen molar-refractivity contribution in [2.75, 3.05) is 0 Å². The van der Waals surface area contributed by atoms with Crippen LogP contribution in [0.25, 0.3) is 0 Å². The van der Waals surface area contributed by atoms with Gasteiger partial charge in [0.2, 0.25) is 0 Å². The van der Waals surface area contributed by atoms with E-state index >= 15 is 0 Å². The quantitative estimate of drug-likeness (QED) is 0.614. The summed E-state index contributed by atoms with van der Waals surface area (Å²) < 4.78 is 0. The van der Waals surface area contributed by atoms with Gasteiger partial charge in [-0.25, -0.2) is 0 Å². The molecule has 2 rings (SSSR count). The fourth-order valence-electron chi connectivity index (χ4n) is 5.07. The van der Waals surface area contributed by atoms with E-state index < -0.39 is 0 Å². The van der Waals surface area contributed by atoms with Crippen LogP contribution in [0.5, 0.6) is 0 Å². The highest BCUT2D eigenvalue weighted by atomic mass is 14.7. The molecule has 82 valence electrons. The van der Waals surface area contributed by atoms with Crippen molar-refractivity contribution < 1.29 is 0 Å². The maximum Gasteiger partial charge on any atom is -0.0213 e. The van der Waals surface area contributed by atoms with Crippen molar-refractivity contribution in [3.05, 3.63) is 0 Å². The SMILES string of the molecule is CCC1(C(C)C)CCC2CCC21CC. The predicted octanol–water partition coefficient (Wildman–Crippen LogP) is 4.64. The van der Waals surface area contributed by atoms with Crippen molar-refractivity contribution >= 4 is 0 Å². The van der Waals surface area contributed by atoms with Crippen LogP contribution in [0.2, 0.25) is 0 Å². The molecule has 0 N–H and O–H groups in total. The van der Waals surface area contributed by atoms with Crippen molar-refractivity contribution in [2.24, 2.45) is 22.7 Å². The average molecular weight is 194 g/mol. The third kappa shape index (κ3) is 0.955. The maximum absolute atomic E-state index is 2.46. The van der Waals surface area contributed by atoms with Gasteiger partial charge >= 0.3 is 0 Å². The lowest BCUT2D eigenvalue weighted by Crippen LogP contribution is -2.49. The second-order valence-corrected chi connectivity index (χ2v) is 5.95. The van der Waals surface area contributed by atoms with E-state index in [1.807, 2.05) is 0 Å². The zero-order valence-corrected chi connectivity index (χ0v) is 10.4. The third-order valence-corrected chi connectivity index (χ3v) is 6.02. The van der Waals surface area contributed by atoms with Gasteiger partial charge in [-0.05, 0) is 61.2 Å². The molecule has 0 spiro atoms. The Morgan fingerprint density at radius 2 is 1.71 bits per heavy atom. The predicted molar refractivity (Wildman–Crippen MR) is 62.2 cm³/mol. The molecule has 0 heteroatoms. The largest absolute Gasteiger partial charge is 0.0648 e. The summed E-state index contributed by atoms with van der Waals surface area (Å²) in [5.41, 5.74) is 1.46. The topological polar surface area (TPSA) is 0 Å². The molecule has 0 bridgehead atoms. The van der Waals surface area contributed by atoms with Crippen LogP contribution in [0.15, 0.2) is 0 Å². The second kappa shape index (κ2) is 3.25. The van der Waals surface area contributed by atoms with Crippen LogP contribution in [0.4, 0.5) is 0 Å². The summed E-state index contributed by atoms with van der Waals surface area (Å²) in [6, 6.07) is 0. The zero-order chi connectivity index (χ0) is 10.4. The van der Waals surface area contributed by atoms with Gasteiger partial charge in [-0.3, -0.25) is 0 Å². The molecule has 0 aromatic carbocycles. The molecule has 0 radical (unpaired) electrons. The highest BCUT2D eigenvalue weighted by Crippen LogP contribution is 2.71. The Labute approximate surface area is 89.5 Å². The van der Waals surface area contributed by atoms with Gasteiger partial charge in [0.05, 0.1) is 0 Å². The van der Waals surface area contributed by atoms with Gasteiger partial charge in [0.25, 0.3) is 0 Å². The molecule has 0 heterocycles. The smallest absolute Gasteiger partial charge is 0.0213 e. The standard InChI is InChI=1S/C14H26/c1-5-13(11(3)4)9-7-12-8-10-14(12,13)6-2/h11-12H,5-10H2,1-4H3. The lowest BCUT2D eigenvalue weighted by Gasteiger charge is -2.57. The molecule has 14 heavy (non-hydrogen) atoms. The summed E-state index contributed by atoms with van der Waals surface area (Å²) in [6.45, 7) is 9.78. The Balaban J connectivity index is 2.33. The summed E-state index contributed by atoms with van der Waals surface area (Å²) in [7, 11) is 0. The van der Waals surface area contributed by atoms with E-state index in [0.29, 0.717) is 5.41 Å². The van der Waals surface area contributed by atoms with Gasteiger partial charge in [-0.2, -0.15) is 0 Å². The molecule has 3 atom stereocenters. The first-order chi connectivity index (χ1) is 6.63. The van der Waals surface area contributed by atoms with Crippen molar-refractivity contribution in [1.82, 2.24) is 0 Å². The minimum Gasteiger partial charge on any atom is -0.0648 e. The minimum absolute atomic E-state index is 0.699. The van der Waals surface area contributed by atoms with E-state index in [1.165, 1.54) is 38.5 Å². The van der Waals surface area contributed by atoms with Gasteiger partial charge in [0, 0.05) is 0 Å². The molecule has 0 saturated heterocycles.